The van der Waals surface area contributed by atoms with Crippen LogP contribution in [0.3, 0.4) is 0 Å². The fourth-order valence-corrected chi connectivity index (χ4v) is 2.63. The van der Waals surface area contributed by atoms with E-state index in [-0.39, 0.29) is 6.61 Å². The van der Waals surface area contributed by atoms with Gasteiger partial charge in [-0.25, -0.2) is 0 Å². The van der Waals surface area contributed by atoms with E-state index in [1.807, 2.05) is 11.8 Å². The van der Waals surface area contributed by atoms with Crippen LogP contribution in [0.25, 0.3) is 0 Å². The zero-order valence-corrected chi connectivity index (χ0v) is 11.2. The number of rotatable bonds is 6. The lowest BCUT2D eigenvalue weighted by Gasteiger charge is -2.09. The highest BCUT2D eigenvalue weighted by atomic mass is 79.9. The van der Waals surface area contributed by atoms with Crippen molar-refractivity contribution in [3.05, 3.63) is 28.2 Å². The molecule has 2 N–H and O–H groups in total. The predicted molar refractivity (Wildman–Crippen MR) is 69.3 cm³/mol. The zero-order valence-electron chi connectivity index (χ0n) is 8.79. The number of nitrogens with one attached hydrogen (secondary N) is 1. The summed E-state index contributed by atoms with van der Waals surface area (Å²) in [6, 6.07) is 6.31. The summed E-state index contributed by atoms with van der Waals surface area (Å²) >= 11 is 5.32. The molecule has 0 unspecified atom stereocenters. The number of benzene rings is 1. The first-order valence-corrected chi connectivity index (χ1v) is 6.78. The van der Waals surface area contributed by atoms with Crippen LogP contribution in [0.15, 0.2) is 27.6 Å². The molecule has 0 aromatic heterocycles. The Morgan fingerprint density at radius 1 is 1.47 bits per heavy atom. The van der Waals surface area contributed by atoms with Crippen LogP contribution in [0.2, 0.25) is 0 Å². The maximum Gasteiger partial charge on any atom is 0.0556 e. The van der Waals surface area contributed by atoms with Crippen molar-refractivity contribution in [2.45, 2.75) is 18.4 Å². The highest BCUT2D eigenvalue weighted by Gasteiger charge is 2.02. The molecule has 0 aliphatic carbocycles. The molecule has 2 nitrogen and oxygen atoms in total. The summed E-state index contributed by atoms with van der Waals surface area (Å²) in [6.07, 6.45) is 0. The summed E-state index contributed by atoms with van der Waals surface area (Å²) < 4.78 is 1.12. The van der Waals surface area contributed by atoms with E-state index in [1.165, 1.54) is 10.5 Å². The van der Waals surface area contributed by atoms with Gasteiger partial charge in [0.15, 0.2) is 0 Å². The first-order chi connectivity index (χ1) is 7.27. The second kappa shape index (κ2) is 7.28. The molecule has 1 rings (SSSR count). The Kier molecular flexibility index (Phi) is 6.32. The van der Waals surface area contributed by atoms with Crippen LogP contribution in [0, 0.1) is 0 Å². The van der Waals surface area contributed by atoms with Crippen molar-refractivity contribution in [2.24, 2.45) is 0 Å². The van der Waals surface area contributed by atoms with E-state index in [2.05, 4.69) is 46.4 Å². The third-order valence-corrected chi connectivity index (χ3v) is 3.41. The lowest BCUT2D eigenvalue weighted by Crippen LogP contribution is -2.17. The fraction of sp³-hybridized carbons (Fsp3) is 0.455. The number of hydrogen-bond acceptors (Lipinski definition) is 3. The van der Waals surface area contributed by atoms with Gasteiger partial charge in [-0.1, -0.05) is 28.9 Å². The van der Waals surface area contributed by atoms with Crippen LogP contribution in [0.5, 0.6) is 0 Å². The Morgan fingerprint density at radius 2 is 2.27 bits per heavy atom. The summed E-state index contributed by atoms with van der Waals surface area (Å²) in [7, 11) is 0. The molecule has 1 aromatic carbocycles. The first kappa shape index (κ1) is 13.0. The second-order valence-corrected chi connectivity index (χ2v) is 5.31. The highest BCUT2D eigenvalue weighted by Crippen LogP contribution is 2.26. The summed E-state index contributed by atoms with van der Waals surface area (Å²) in [4.78, 5) is 1.30. The Bertz CT molecular complexity index is 307. The summed E-state index contributed by atoms with van der Waals surface area (Å²) in [5, 5.41) is 11.9. The van der Waals surface area contributed by atoms with Gasteiger partial charge in [-0.2, -0.15) is 0 Å². The number of aliphatic hydroxyl groups is 1. The molecule has 4 heteroatoms. The minimum Gasteiger partial charge on any atom is -0.395 e. The summed E-state index contributed by atoms with van der Waals surface area (Å²) in [5.41, 5.74) is 1.29. The van der Waals surface area contributed by atoms with Gasteiger partial charge in [0.2, 0.25) is 0 Å². The van der Waals surface area contributed by atoms with E-state index in [4.69, 9.17) is 5.11 Å². The summed E-state index contributed by atoms with van der Waals surface area (Å²) in [5.74, 6) is 1.07. The molecule has 0 aliphatic rings. The Hall–Kier alpha value is -0.0300. The number of hydrogen-bond donors (Lipinski definition) is 2. The number of thioether (sulfide) groups is 1. The van der Waals surface area contributed by atoms with Gasteiger partial charge < -0.3 is 10.4 Å². The maximum atomic E-state index is 8.69. The van der Waals surface area contributed by atoms with Crippen LogP contribution < -0.4 is 5.32 Å². The Morgan fingerprint density at radius 3 is 2.93 bits per heavy atom. The lowest BCUT2D eigenvalue weighted by atomic mass is 10.2. The monoisotopic (exact) mass is 289 g/mol. The molecule has 0 radical (unpaired) electrons. The molecule has 0 aliphatic heterocycles. The van der Waals surface area contributed by atoms with Crippen molar-refractivity contribution in [1.29, 1.82) is 0 Å². The zero-order chi connectivity index (χ0) is 11.1. The molecular formula is C11H16BrNOS. The predicted octanol–water partition coefficient (Wildman–Crippen LogP) is 2.64. The molecule has 0 heterocycles. The topological polar surface area (TPSA) is 32.3 Å². The average molecular weight is 290 g/mol. The van der Waals surface area contributed by atoms with E-state index in [0.29, 0.717) is 6.54 Å². The normalized spacial score (nSPS) is 10.6. The minimum atomic E-state index is 0.187. The smallest absolute Gasteiger partial charge is 0.0556 e. The number of aliphatic hydroxyl groups excluding tert-OH is 1. The standard InChI is InChI=1S/C11H16BrNOS/c1-2-15-11-7-10(12)4-3-9(11)8-13-5-6-14/h3-4,7,13-14H,2,5-6,8H2,1H3. The molecule has 0 bridgehead atoms. The minimum absolute atomic E-state index is 0.187. The molecule has 84 valence electrons. The third-order valence-electron chi connectivity index (χ3n) is 1.93. The van der Waals surface area contributed by atoms with E-state index < -0.39 is 0 Å². The van der Waals surface area contributed by atoms with Gasteiger partial charge in [-0.15, -0.1) is 11.8 Å². The molecule has 0 saturated heterocycles. The van der Waals surface area contributed by atoms with Crippen LogP contribution >= 0.6 is 27.7 Å². The van der Waals surface area contributed by atoms with Crippen LogP contribution in [0.1, 0.15) is 12.5 Å². The molecule has 0 fully saturated rings. The van der Waals surface area contributed by atoms with Crippen molar-refractivity contribution in [3.8, 4) is 0 Å². The van der Waals surface area contributed by atoms with Crippen LogP contribution in [-0.4, -0.2) is 24.0 Å². The first-order valence-electron chi connectivity index (χ1n) is 5.00. The van der Waals surface area contributed by atoms with Gasteiger partial charge in [0.25, 0.3) is 0 Å². The third kappa shape index (κ3) is 4.55. The highest BCUT2D eigenvalue weighted by molar-refractivity contribution is 9.10. The summed E-state index contributed by atoms with van der Waals surface area (Å²) in [6.45, 7) is 3.80. The molecular weight excluding hydrogens is 274 g/mol. The average Bonchev–Trinajstić information content (AvgIpc) is 2.22. The van der Waals surface area contributed by atoms with Gasteiger partial charge in [-0.05, 0) is 23.4 Å². The van der Waals surface area contributed by atoms with Crippen molar-refractivity contribution < 1.29 is 5.11 Å². The Balaban J connectivity index is 2.67. The molecule has 0 spiro atoms. The van der Waals surface area contributed by atoms with E-state index >= 15 is 0 Å². The van der Waals surface area contributed by atoms with E-state index in [0.717, 1.165) is 16.8 Å². The molecule has 0 atom stereocenters. The van der Waals surface area contributed by atoms with Crippen molar-refractivity contribution in [3.63, 3.8) is 0 Å². The van der Waals surface area contributed by atoms with Crippen molar-refractivity contribution >= 4 is 27.7 Å². The SMILES string of the molecule is CCSc1cc(Br)ccc1CNCCO. The molecule has 15 heavy (non-hydrogen) atoms. The number of halogens is 1. The van der Waals surface area contributed by atoms with E-state index in [1.54, 1.807) is 0 Å². The van der Waals surface area contributed by atoms with Gasteiger partial charge in [0.1, 0.15) is 0 Å². The van der Waals surface area contributed by atoms with Gasteiger partial charge in [-0.3, -0.25) is 0 Å². The van der Waals surface area contributed by atoms with Gasteiger partial charge >= 0.3 is 0 Å². The quantitative estimate of drug-likeness (QED) is 0.624. The van der Waals surface area contributed by atoms with E-state index in [9.17, 15) is 0 Å². The fourth-order valence-electron chi connectivity index (χ4n) is 1.27. The van der Waals surface area contributed by atoms with Gasteiger partial charge in [0.05, 0.1) is 6.61 Å². The van der Waals surface area contributed by atoms with Gasteiger partial charge in [0, 0.05) is 22.5 Å². The lowest BCUT2D eigenvalue weighted by molar-refractivity contribution is 0.292. The van der Waals surface area contributed by atoms with Crippen LogP contribution in [-0.2, 0) is 6.54 Å². The Labute approximate surface area is 104 Å². The largest absolute Gasteiger partial charge is 0.395 e. The van der Waals surface area contributed by atoms with Crippen molar-refractivity contribution in [2.75, 3.05) is 18.9 Å². The van der Waals surface area contributed by atoms with Crippen molar-refractivity contribution in [1.82, 2.24) is 5.32 Å². The molecule has 0 amide bonds. The molecule has 0 saturated carbocycles. The molecule has 1 aromatic rings. The second-order valence-electron chi connectivity index (χ2n) is 3.09. The van der Waals surface area contributed by atoms with Crippen LogP contribution in [0.4, 0.5) is 0 Å². The maximum absolute atomic E-state index is 8.69.